The standard InChI is InChI=1S/C9H7NO/c11-6-7-4-8-2-1-3-9(8)10-5-7/h1-3,5-6H,4H2. The lowest BCUT2D eigenvalue weighted by Crippen LogP contribution is -2.02. The first-order chi connectivity index (χ1) is 5.40. The Morgan fingerprint density at radius 3 is 3.27 bits per heavy atom. The van der Waals surface area contributed by atoms with E-state index in [1.54, 1.807) is 6.20 Å². The summed E-state index contributed by atoms with van der Waals surface area (Å²) in [6.07, 6.45) is 9.13. The predicted molar refractivity (Wildman–Crippen MR) is 43.4 cm³/mol. The lowest BCUT2D eigenvalue weighted by atomic mass is 10.0. The molecule has 2 nitrogen and oxygen atoms in total. The van der Waals surface area contributed by atoms with Crippen LogP contribution < -0.4 is 0 Å². The van der Waals surface area contributed by atoms with E-state index in [1.807, 2.05) is 18.2 Å². The molecule has 1 heterocycles. The molecule has 0 aromatic heterocycles. The molecular weight excluding hydrogens is 138 g/mol. The number of carbonyl (C=O) groups is 1. The van der Waals surface area contributed by atoms with Crippen LogP contribution in [0.5, 0.6) is 0 Å². The fourth-order valence-corrected chi connectivity index (χ4v) is 1.21. The molecule has 0 N–H and O–H groups in total. The molecule has 0 aromatic carbocycles. The number of fused-ring (bicyclic) bond motifs is 1. The smallest absolute Gasteiger partial charge is 0.147 e. The van der Waals surface area contributed by atoms with Crippen molar-refractivity contribution in [3.05, 3.63) is 35.6 Å². The number of aliphatic imine (C=N–C) groups is 1. The summed E-state index contributed by atoms with van der Waals surface area (Å²) in [5.74, 6) is 0. The van der Waals surface area contributed by atoms with Crippen molar-refractivity contribution in [3.63, 3.8) is 0 Å². The molecule has 11 heavy (non-hydrogen) atoms. The highest BCUT2D eigenvalue weighted by Gasteiger charge is 2.13. The zero-order chi connectivity index (χ0) is 7.68. The van der Waals surface area contributed by atoms with Gasteiger partial charge in [0.15, 0.2) is 0 Å². The van der Waals surface area contributed by atoms with Crippen molar-refractivity contribution >= 4 is 12.0 Å². The van der Waals surface area contributed by atoms with Crippen LogP contribution in [0.15, 0.2) is 40.6 Å². The number of hydrogen-bond donors (Lipinski definition) is 0. The maximum atomic E-state index is 10.4. The van der Waals surface area contributed by atoms with Crippen LogP contribution in [-0.2, 0) is 4.79 Å². The van der Waals surface area contributed by atoms with Crippen LogP contribution >= 0.6 is 0 Å². The Balaban J connectivity index is 2.37. The van der Waals surface area contributed by atoms with E-state index in [-0.39, 0.29) is 0 Å². The third-order valence-corrected chi connectivity index (χ3v) is 1.80. The zero-order valence-corrected chi connectivity index (χ0v) is 5.95. The van der Waals surface area contributed by atoms with Gasteiger partial charge < -0.3 is 0 Å². The Morgan fingerprint density at radius 1 is 1.55 bits per heavy atom. The van der Waals surface area contributed by atoms with Crippen molar-refractivity contribution in [2.75, 3.05) is 0 Å². The van der Waals surface area contributed by atoms with E-state index in [0.717, 1.165) is 29.6 Å². The molecule has 1 aliphatic carbocycles. The molecule has 54 valence electrons. The number of carbonyl (C=O) groups excluding carboxylic acids is 1. The second-order valence-electron chi connectivity index (χ2n) is 2.56. The Kier molecular flexibility index (Phi) is 1.32. The normalized spacial score (nSPS) is 20.2. The molecular formula is C9H7NO. The summed E-state index contributed by atoms with van der Waals surface area (Å²) in [5.41, 5.74) is 2.90. The molecule has 0 saturated heterocycles. The lowest BCUT2D eigenvalue weighted by Gasteiger charge is -2.07. The number of rotatable bonds is 1. The summed E-state index contributed by atoms with van der Waals surface area (Å²) in [4.78, 5) is 14.5. The molecule has 0 spiro atoms. The lowest BCUT2D eigenvalue weighted by molar-refractivity contribution is -0.105. The summed E-state index contributed by atoms with van der Waals surface area (Å²) < 4.78 is 0. The highest BCUT2D eigenvalue weighted by Crippen LogP contribution is 2.20. The predicted octanol–water partition coefficient (Wildman–Crippen LogP) is 1.41. The van der Waals surface area contributed by atoms with Gasteiger partial charge in [-0.25, -0.2) is 0 Å². The van der Waals surface area contributed by atoms with Gasteiger partial charge in [0, 0.05) is 18.2 Å². The van der Waals surface area contributed by atoms with Gasteiger partial charge in [0.2, 0.25) is 0 Å². The zero-order valence-electron chi connectivity index (χ0n) is 5.95. The molecule has 0 unspecified atom stereocenters. The first-order valence-corrected chi connectivity index (χ1v) is 3.50. The van der Waals surface area contributed by atoms with Gasteiger partial charge in [-0.15, -0.1) is 0 Å². The summed E-state index contributed by atoms with van der Waals surface area (Å²) in [6.45, 7) is 0. The molecule has 2 aliphatic rings. The largest absolute Gasteiger partial charge is 0.298 e. The maximum absolute atomic E-state index is 10.4. The SMILES string of the molecule is O=CC1=CN=C2C=CC=C2C1. The van der Waals surface area contributed by atoms with Crippen LogP contribution in [0.25, 0.3) is 0 Å². The molecule has 1 aliphatic heterocycles. The van der Waals surface area contributed by atoms with Crippen LogP contribution in [0.1, 0.15) is 6.42 Å². The fraction of sp³-hybridized carbons (Fsp3) is 0.111. The molecule has 0 radical (unpaired) electrons. The molecule has 2 rings (SSSR count). The molecule has 0 bridgehead atoms. The van der Waals surface area contributed by atoms with Crippen LogP contribution in [0.4, 0.5) is 0 Å². The highest BCUT2D eigenvalue weighted by molar-refractivity contribution is 6.12. The second-order valence-corrected chi connectivity index (χ2v) is 2.56. The number of nitrogens with zero attached hydrogens (tertiary/aromatic N) is 1. The van der Waals surface area contributed by atoms with Gasteiger partial charge in [-0.1, -0.05) is 12.2 Å². The minimum absolute atomic E-state index is 0.731. The van der Waals surface area contributed by atoms with E-state index in [9.17, 15) is 4.79 Å². The summed E-state index contributed by atoms with van der Waals surface area (Å²) in [6, 6.07) is 0. The third kappa shape index (κ3) is 0.963. The molecule has 0 amide bonds. The van der Waals surface area contributed by atoms with E-state index >= 15 is 0 Å². The van der Waals surface area contributed by atoms with Gasteiger partial charge >= 0.3 is 0 Å². The van der Waals surface area contributed by atoms with Crippen LogP contribution in [0, 0.1) is 0 Å². The molecule has 0 saturated carbocycles. The number of aldehydes is 1. The number of hydrogen-bond acceptors (Lipinski definition) is 2. The summed E-state index contributed by atoms with van der Waals surface area (Å²) >= 11 is 0. The Morgan fingerprint density at radius 2 is 2.45 bits per heavy atom. The van der Waals surface area contributed by atoms with E-state index in [4.69, 9.17) is 0 Å². The molecule has 0 fully saturated rings. The van der Waals surface area contributed by atoms with Crippen molar-refractivity contribution in [2.45, 2.75) is 6.42 Å². The van der Waals surface area contributed by atoms with Crippen molar-refractivity contribution in [1.82, 2.24) is 0 Å². The van der Waals surface area contributed by atoms with Gasteiger partial charge in [0.1, 0.15) is 6.29 Å². The van der Waals surface area contributed by atoms with E-state index in [0.29, 0.717) is 0 Å². The van der Waals surface area contributed by atoms with Gasteiger partial charge in [0.05, 0.1) is 5.71 Å². The second kappa shape index (κ2) is 2.31. The molecule has 2 heteroatoms. The molecule has 0 atom stereocenters. The van der Waals surface area contributed by atoms with Gasteiger partial charge in [-0.05, 0) is 11.6 Å². The fourth-order valence-electron chi connectivity index (χ4n) is 1.21. The van der Waals surface area contributed by atoms with Crippen LogP contribution in [0.3, 0.4) is 0 Å². The first kappa shape index (κ1) is 6.28. The van der Waals surface area contributed by atoms with Crippen LogP contribution in [-0.4, -0.2) is 12.0 Å². The van der Waals surface area contributed by atoms with E-state index < -0.39 is 0 Å². The summed E-state index contributed by atoms with van der Waals surface area (Å²) in [5, 5.41) is 0. The number of allylic oxidation sites excluding steroid dienone is 5. The van der Waals surface area contributed by atoms with Crippen molar-refractivity contribution < 1.29 is 4.79 Å². The Bertz CT molecular complexity index is 318. The van der Waals surface area contributed by atoms with Crippen LogP contribution in [0.2, 0.25) is 0 Å². The van der Waals surface area contributed by atoms with Gasteiger partial charge in [-0.3, -0.25) is 9.79 Å². The Hall–Kier alpha value is -1.44. The topological polar surface area (TPSA) is 29.4 Å². The minimum atomic E-state index is 0.731. The average Bonchev–Trinajstić information content (AvgIpc) is 2.50. The van der Waals surface area contributed by atoms with Crippen molar-refractivity contribution in [1.29, 1.82) is 0 Å². The maximum Gasteiger partial charge on any atom is 0.147 e. The molecule has 0 aromatic rings. The monoisotopic (exact) mass is 145 g/mol. The van der Waals surface area contributed by atoms with Gasteiger partial charge in [0.25, 0.3) is 0 Å². The van der Waals surface area contributed by atoms with Crippen molar-refractivity contribution in [2.24, 2.45) is 4.99 Å². The average molecular weight is 145 g/mol. The van der Waals surface area contributed by atoms with E-state index in [2.05, 4.69) is 4.99 Å². The third-order valence-electron chi connectivity index (χ3n) is 1.80. The van der Waals surface area contributed by atoms with Crippen molar-refractivity contribution in [3.8, 4) is 0 Å². The summed E-state index contributed by atoms with van der Waals surface area (Å²) in [7, 11) is 0. The first-order valence-electron chi connectivity index (χ1n) is 3.50. The van der Waals surface area contributed by atoms with E-state index in [1.165, 1.54) is 0 Å². The highest BCUT2D eigenvalue weighted by atomic mass is 16.1. The quantitative estimate of drug-likeness (QED) is 0.513. The minimum Gasteiger partial charge on any atom is -0.298 e. The van der Waals surface area contributed by atoms with Gasteiger partial charge in [-0.2, -0.15) is 0 Å². The Labute approximate surface area is 64.6 Å².